The number of benzene rings is 1. The molecule has 0 amide bonds. The Balaban J connectivity index is 1.84. The van der Waals surface area contributed by atoms with E-state index in [1.807, 2.05) is 35.0 Å². The molecule has 2 aromatic heterocycles. The van der Waals surface area contributed by atoms with Gasteiger partial charge in [0.1, 0.15) is 0 Å². The summed E-state index contributed by atoms with van der Waals surface area (Å²) in [6, 6.07) is 11.6. The molecule has 0 bridgehead atoms. The molecule has 2 aliphatic rings. The fourth-order valence-electron chi connectivity index (χ4n) is 3.31. The minimum absolute atomic E-state index is 0.353. The maximum Gasteiger partial charge on any atom is 0.336 e. The van der Waals surface area contributed by atoms with E-state index in [4.69, 9.17) is 10.1 Å². The third-order valence-corrected chi connectivity index (χ3v) is 4.88. The molecule has 5 rings (SSSR count). The van der Waals surface area contributed by atoms with Crippen LogP contribution in [0.4, 0.5) is 0 Å². The molecule has 5 heteroatoms. The zero-order valence-electron chi connectivity index (χ0n) is 13.1. The van der Waals surface area contributed by atoms with Gasteiger partial charge in [-0.3, -0.25) is 0 Å². The van der Waals surface area contributed by atoms with Crippen molar-refractivity contribution in [2.45, 2.75) is 37.5 Å². The van der Waals surface area contributed by atoms with Crippen LogP contribution in [0.2, 0.25) is 0 Å². The highest BCUT2D eigenvalue weighted by molar-refractivity contribution is 6.03. The number of carboxylic acid groups (broad SMARTS) is 1. The summed E-state index contributed by atoms with van der Waals surface area (Å²) in [6.07, 6.45) is 4.33. The molecule has 0 unspecified atom stereocenters. The SMILES string of the molecule is O=C(O)c1cc(C2CC2)nc2c1c(C1CC1)nn2-c1ccccc1. The summed E-state index contributed by atoms with van der Waals surface area (Å²) in [4.78, 5) is 16.7. The molecule has 2 heterocycles. The van der Waals surface area contributed by atoms with Crippen molar-refractivity contribution in [2.24, 2.45) is 0 Å². The molecule has 2 aliphatic carbocycles. The van der Waals surface area contributed by atoms with Crippen molar-refractivity contribution in [3.8, 4) is 5.69 Å². The van der Waals surface area contributed by atoms with E-state index < -0.39 is 5.97 Å². The van der Waals surface area contributed by atoms with E-state index in [0.717, 1.165) is 48.1 Å². The molecule has 0 spiro atoms. The maximum absolute atomic E-state index is 11.9. The van der Waals surface area contributed by atoms with Crippen LogP contribution in [0, 0.1) is 0 Å². The van der Waals surface area contributed by atoms with E-state index in [0.29, 0.717) is 23.0 Å². The number of hydrogen-bond acceptors (Lipinski definition) is 3. The number of carbonyl (C=O) groups is 1. The second-order valence-electron chi connectivity index (χ2n) is 6.78. The Labute approximate surface area is 138 Å². The van der Waals surface area contributed by atoms with E-state index >= 15 is 0 Å². The third kappa shape index (κ3) is 2.12. The second-order valence-corrected chi connectivity index (χ2v) is 6.78. The van der Waals surface area contributed by atoms with Gasteiger partial charge in [-0.15, -0.1) is 0 Å². The molecule has 1 aromatic carbocycles. The summed E-state index contributed by atoms with van der Waals surface area (Å²) < 4.78 is 1.82. The molecular weight excluding hydrogens is 302 g/mol. The van der Waals surface area contributed by atoms with Crippen molar-refractivity contribution in [2.75, 3.05) is 0 Å². The summed E-state index contributed by atoms with van der Waals surface area (Å²) in [7, 11) is 0. The third-order valence-electron chi connectivity index (χ3n) is 4.88. The number of pyridine rings is 1. The minimum atomic E-state index is -0.890. The quantitative estimate of drug-likeness (QED) is 0.792. The lowest BCUT2D eigenvalue weighted by Crippen LogP contribution is -2.03. The van der Waals surface area contributed by atoms with Crippen molar-refractivity contribution in [3.63, 3.8) is 0 Å². The van der Waals surface area contributed by atoms with Gasteiger partial charge in [0.15, 0.2) is 5.65 Å². The number of carboxylic acids is 1. The Morgan fingerprint density at radius 3 is 2.42 bits per heavy atom. The summed E-state index contributed by atoms with van der Waals surface area (Å²) in [5, 5.41) is 15.2. The second kappa shape index (κ2) is 4.90. The molecule has 2 saturated carbocycles. The van der Waals surface area contributed by atoms with Crippen LogP contribution in [-0.2, 0) is 0 Å². The Bertz CT molecular complexity index is 954. The lowest BCUT2D eigenvalue weighted by molar-refractivity contribution is 0.0698. The van der Waals surface area contributed by atoms with E-state index in [-0.39, 0.29) is 0 Å². The highest BCUT2D eigenvalue weighted by Crippen LogP contribution is 2.45. The van der Waals surface area contributed by atoms with Crippen LogP contribution in [-0.4, -0.2) is 25.8 Å². The first-order valence-corrected chi connectivity index (χ1v) is 8.44. The molecular formula is C19H17N3O2. The summed E-state index contributed by atoms with van der Waals surface area (Å²) in [5.41, 5.74) is 3.74. The monoisotopic (exact) mass is 319 g/mol. The highest BCUT2D eigenvalue weighted by atomic mass is 16.4. The smallest absolute Gasteiger partial charge is 0.336 e. The molecule has 5 nitrogen and oxygen atoms in total. The molecule has 2 fully saturated rings. The fraction of sp³-hybridized carbons (Fsp3) is 0.316. The van der Waals surface area contributed by atoms with Gasteiger partial charge in [0.25, 0.3) is 0 Å². The maximum atomic E-state index is 11.9. The largest absolute Gasteiger partial charge is 0.478 e. The molecule has 3 aromatic rings. The zero-order valence-corrected chi connectivity index (χ0v) is 13.1. The van der Waals surface area contributed by atoms with Crippen LogP contribution in [0.25, 0.3) is 16.7 Å². The topological polar surface area (TPSA) is 68.0 Å². The van der Waals surface area contributed by atoms with Gasteiger partial charge in [-0.05, 0) is 43.9 Å². The number of para-hydroxylation sites is 1. The zero-order chi connectivity index (χ0) is 16.3. The van der Waals surface area contributed by atoms with Gasteiger partial charge in [-0.2, -0.15) is 5.10 Å². The van der Waals surface area contributed by atoms with Gasteiger partial charge < -0.3 is 5.11 Å². The highest BCUT2D eigenvalue weighted by Gasteiger charge is 2.34. The first kappa shape index (κ1) is 13.7. The van der Waals surface area contributed by atoms with Crippen molar-refractivity contribution < 1.29 is 9.90 Å². The van der Waals surface area contributed by atoms with E-state index in [2.05, 4.69) is 0 Å². The van der Waals surface area contributed by atoms with Crippen LogP contribution >= 0.6 is 0 Å². The fourth-order valence-corrected chi connectivity index (χ4v) is 3.31. The number of aromatic nitrogens is 3. The number of fused-ring (bicyclic) bond motifs is 1. The van der Waals surface area contributed by atoms with Crippen LogP contribution in [0.5, 0.6) is 0 Å². The standard InChI is InChI=1S/C19H17N3O2/c23-19(24)14-10-15(11-6-7-11)20-18-16(14)17(12-8-9-12)21-22(18)13-4-2-1-3-5-13/h1-5,10-12H,6-9H2,(H,23,24). The van der Waals surface area contributed by atoms with Crippen molar-refractivity contribution in [1.82, 2.24) is 14.8 Å². The van der Waals surface area contributed by atoms with Gasteiger partial charge in [0.2, 0.25) is 0 Å². The average Bonchev–Trinajstić information content (AvgIpc) is 3.51. The Kier molecular flexibility index (Phi) is 2.80. The van der Waals surface area contributed by atoms with Crippen LogP contribution in [0.3, 0.4) is 0 Å². The Morgan fingerprint density at radius 1 is 1.08 bits per heavy atom. The molecule has 120 valence electrons. The summed E-state index contributed by atoms with van der Waals surface area (Å²) in [5.74, 6) is -0.126. The van der Waals surface area contributed by atoms with E-state index in [9.17, 15) is 9.90 Å². The van der Waals surface area contributed by atoms with E-state index in [1.54, 1.807) is 6.07 Å². The molecule has 0 atom stereocenters. The minimum Gasteiger partial charge on any atom is -0.478 e. The Hall–Kier alpha value is -2.69. The molecule has 0 radical (unpaired) electrons. The first-order valence-electron chi connectivity index (χ1n) is 8.44. The number of rotatable bonds is 4. The number of aromatic carboxylic acids is 1. The number of nitrogens with zero attached hydrogens (tertiary/aromatic N) is 3. The Morgan fingerprint density at radius 2 is 1.79 bits per heavy atom. The number of hydrogen-bond donors (Lipinski definition) is 1. The van der Waals surface area contributed by atoms with Gasteiger partial charge in [0, 0.05) is 17.5 Å². The molecule has 0 aliphatic heterocycles. The summed E-state index contributed by atoms with van der Waals surface area (Å²) in [6.45, 7) is 0. The van der Waals surface area contributed by atoms with Crippen molar-refractivity contribution in [1.29, 1.82) is 0 Å². The predicted octanol–water partition coefficient (Wildman–Crippen LogP) is 3.87. The van der Waals surface area contributed by atoms with E-state index in [1.165, 1.54) is 0 Å². The molecule has 1 N–H and O–H groups in total. The van der Waals surface area contributed by atoms with Crippen LogP contribution in [0.15, 0.2) is 36.4 Å². The average molecular weight is 319 g/mol. The van der Waals surface area contributed by atoms with Crippen LogP contribution in [0.1, 0.15) is 59.3 Å². The van der Waals surface area contributed by atoms with Crippen molar-refractivity contribution in [3.05, 3.63) is 53.3 Å². The van der Waals surface area contributed by atoms with Gasteiger partial charge >= 0.3 is 5.97 Å². The van der Waals surface area contributed by atoms with Crippen molar-refractivity contribution >= 4 is 17.0 Å². The lowest BCUT2D eigenvalue weighted by Gasteiger charge is -2.06. The van der Waals surface area contributed by atoms with Gasteiger partial charge in [0.05, 0.1) is 22.3 Å². The lowest BCUT2D eigenvalue weighted by atomic mass is 10.1. The molecule has 0 saturated heterocycles. The van der Waals surface area contributed by atoms with Crippen LogP contribution < -0.4 is 0 Å². The molecule has 24 heavy (non-hydrogen) atoms. The summed E-state index contributed by atoms with van der Waals surface area (Å²) >= 11 is 0. The van der Waals surface area contributed by atoms with Gasteiger partial charge in [-0.1, -0.05) is 18.2 Å². The normalized spacial score (nSPS) is 17.3. The predicted molar refractivity (Wildman–Crippen MR) is 89.8 cm³/mol. The first-order chi connectivity index (χ1) is 11.7. The van der Waals surface area contributed by atoms with Gasteiger partial charge in [-0.25, -0.2) is 14.5 Å².